The first-order valence-electron chi connectivity index (χ1n) is 18.1. The van der Waals surface area contributed by atoms with Crippen molar-refractivity contribution >= 4 is 52.3 Å². The van der Waals surface area contributed by atoms with Crippen molar-refractivity contribution in [1.82, 2.24) is 30.4 Å². The number of benzene rings is 4. The number of aryl methyl sites for hydroxylation is 3. The molecule has 0 aliphatic heterocycles. The zero-order valence-corrected chi connectivity index (χ0v) is 34.3. The molecule has 16 nitrogen and oxygen atoms in total. The highest BCUT2D eigenvalue weighted by atomic mass is 32.1. The number of carboxylic acids is 2. The number of carbonyl (C=O) groups is 3. The Morgan fingerprint density at radius 3 is 1.65 bits per heavy atom. The topological polar surface area (TPSA) is 229 Å². The van der Waals surface area contributed by atoms with Crippen molar-refractivity contribution in [2.75, 3.05) is 5.32 Å². The number of carbonyl (C=O) groups excluding carboxylic acids is 1. The van der Waals surface area contributed by atoms with Gasteiger partial charge in [0.15, 0.2) is 28.0 Å². The third-order valence-corrected chi connectivity index (χ3v) is 9.15. The zero-order chi connectivity index (χ0) is 45.5. The SMILES string of the molecule is C/C(=N/NC(=O)c1ccc(C(=O)O)cc1)c1nn(C)c(-c2ccc(C)cc2)c1O.C/C(=N/NC(=S)Nc1ccc(C(=O)O)cc1)c1nn(C)c(-c2cccc(C(F)(F)F)c2)c1O. The normalized spacial score (nSPS) is 11.6. The van der Waals surface area contributed by atoms with Gasteiger partial charge >= 0.3 is 18.1 Å². The second kappa shape index (κ2) is 19.0. The first kappa shape index (κ1) is 45.2. The number of hydrogen-bond acceptors (Lipinski definition) is 10. The molecule has 4 aromatic carbocycles. The summed E-state index contributed by atoms with van der Waals surface area (Å²) >= 11 is 5.14. The fraction of sp³-hybridized carbons (Fsp3) is 0.143. The van der Waals surface area contributed by atoms with Crippen LogP contribution in [0.15, 0.2) is 107 Å². The number of thiocarbonyl (C=S) groups is 1. The van der Waals surface area contributed by atoms with Crippen LogP contribution in [0.3, 0.4) is 0 Å². The Labute approximate surface area is 356 Å². The van der Waals surface area contributed by atoms with Crippen LogP contribution in [0.25, 0.3) is 22.5 Å². The third-order valence-electron chi connectivity index (χ3n) is 8.95. The highest BCUT2D eigenvalue weighted by Crippen LogP contribution is 2.36. The van der Waals surface area contributed by atoms with Crippen molar-refractivity contribution in [1.29, 1.82) is 0 Å². The quantitative estimate of drug-likeness (QED) is 0.0413. The predicted molar refractivity (Wildman–Crippen MR) is 228 cm³/mol. The first-order valence-corrected chi connectivity index (χ1v) is 18.6. The molecule has 20 heteroatoms. The molecular formula is C42H38F3N9O7S. The highest BCUT2D eigenvalue weighted by Gasteiger charge is 2.31. The van der Waals surface area contributed by atoms with E-state index in [4.69, 9.17) is 22.4 Å². The molecule has 2 heterocycles. The highest BCUT2D eigenvalue weighted by molar-refractivity contribution is 7.80. The molecule has 0 atom stereocenters. The fourth-order valence-electron chi connectivity index (χ4n) is 5.77. The summed E-state index contributed by atoms with van der Waals surface area (Å²) in [6.07, 6.45) is -4.52. The molecule has 7 N–H and O–H groups in total. The maximum absolute atomic E-state index is 13.0. The number of aromatic carboxylic acids is 2. The van der Waals surface area contributed by atoms with E-state index in [1.807, 2.05) is 31.2 Å². The Kier molecular flexibility index (Phi) is 13.9. The molecule has 0 fully saturated rings. The van der Waals surface area contributed by atoms with Crippen molar-refractivity contribution in [3.05, 3.63) is 136 Å². The van der Waals surface area contributed by atoms with Gasteiger partial charge in [-0.2, -0.15) is 33.6 Å². The number of alkyl halides is 3. The molecule has 6 rings (SSSR count). The van der Waals surface area contributed by atoms with Crippen LogP contribution in [0, 0.1) is 6.92 Å². The van der Waals surface area contributed by atoms with Gasteiger partial charge in [0.2, 0.25) is 0 Å². The zero-order valence-electron chi connectivity index (χ0n) is 33.5. The number of aromatic hydroxyl groups is 2. The largest absolute Gasteiger partial charge is 0.504 e. The number of carboxylic acid groups (broad SMARTS) is 2. The molecule has 0 spiro atoms. The Morgan fingerprint density at radius 2 is 1.15 bits per heavy atom. The maximum Gasteiger partial charge on any atom is 0.416 e. The van der Waals surface area contributed by atoms with Crippen molar-refractivity contribution in [2.45, 2.75) is 26.9 Å². The minimum absolute atomic E-state index is 0.0299. The monoisotopic (exact) mass is 869 g/mol. The summed E-state index contributed by atoms with van der Waals surface area (Å²) in [4.78, 5) is 34.0. The molecule has 62 heavy (non-hydrogen) atoms. The van der Waals surface area contributed by atoms with Crippen LogP contribution in [0.4, 0.5) is 18.9 Å². The van der Waals surface area contributed by atoms with Crippen molar-refractivity contribution in [3.8, 4) is 34.0 Å². The Hall–Kier alpha value is -7.87. The van der Waals surface area contributed by atoms with E-state index < -0.39 is 29.6 Å². The van der Waals surface area contributed by atoms with E-state index in [2.05, 4.69) is 36.6 Å². The minimum Gasteiger partial charge on any atom is -0.504 e. The Bertz CT molecular complexity index is 2710. The lowest BCUT2D eigenvalue weighted by atomic mass is 10.1. The second-order valence-corrected chi connectivity index (χ2v) is 13.9. The lowest BCUT2D eigenvalue weighted by Crippen LogP contribution is -2.25. The predicted octanol–water partition coefficient (Wildman–Crippen LogP) is 7.17. The number of amides is 1. The molecule has 0 aliphatic carbocycles. The number of nitrogens with one attached hydrogen (secondary N) is 3. The summed E-state index contributed by atoms with van der Waals surface area (Å²) in [7, 11) is 3.21. The smallest absolute Gasteiger partial charge is 0.416 e. The van der Waals surface area contributed by atoms with Crippen molar-refractivity contribution in [3.63, 3.8) is 0 Å². The number of nitrogens with zero attached hydrogens (tertiary/aromatic N) is 6. The summed E-state index contributed by atoms with van der Waals surface area (Å²) < 4.78 is 42.0. The molecule has 0 saturated carbocycles. The van der Waals surface area contributed by atoms with Gasteiger partial charge in [-0.15, -0.1) is 0 Å². The average Bonchev–Trinajstić information content (AvgIpc) is 3.71. The van der Waals surface area contributed by atoms with E-state index in [1.165, 1.54) is 79.3 Å². The van der Waals surface area contributed by atoms with Gasteiger partial charge in [-0.25, -0.2) is 15.0 Å². The standard InChI is InChI=1S/C21H18F3N5O3S.C21H20N4O4/c1-11(26-27-20(33)25-15-8-6-12(7-9-15)19(31)32)16-18(30)17(29(2)28-16)13-4-3-5-14(10-13)21(22,23)24;1-12-4-6-14(7-5-12)18-19(26)17(24-25(18)3)13(2)22-23-20(27)15-8-10-16(11-9-15)21(28)29/h3-10,30H,1-2H3,(H,31,32)(H2,25,27,33);4-11,26H,1-3H3,(H,23,27)(H,28,29)/b26-11-;22-13-. The van der Waals surface area contributed by atoms with E-state index in [0.717, 1.165) is 23.3 Å². The Balaban J connectivity index is 0.000000236. The van der Waals surface area contributed by atoms with Crippen LogP contribution < -0.4 is 16.2 Å². The van der Waals surface area contributed by atoms with E-state index in [9.17, 15) is 37.8 Å². The lowest BCUT2D eigenvalue weighted by Gasteiger charge is -2.09. The number of aromatic nitrogens is 4. The van der Waals surface area contributed by atoms with E-state index in [1.54, 1.807) is 18.7 Å². The van der Waals surface area contributed by atoms with E-state index in [-0.39, 0.29) is 61.7 Å². The van der Waals surface area contributed by atoms with Gasteiger partial charge in [0.05, 0.1) is 28.1 Å². The van der Waals surface area contributed by atoms with Crippen molar-refractivity contribution < 1.29 is 48.0 Å². The molecule has 0 saturated heterocycles. The van der Waals surface area contributed by atoms with Gasteiger partial charge in [0.1, 0.15) is 11.4 Å². The molecular weight excluding hydrogens is 832 g/mol. The summed E-state index contributed by atoms with van der Waals surface area (Å²) in [5.41, 5.74) is 8.69. The van der Waals surface area contributed by atoms with Gasteiger partial charge in [-0.05, 0) is 93.7 Å². The van der Waals surface area contributed by atoms with Crippen LogP contribution in [-0.2, 0) is 20.3 Å². The van der Waals surface area contributed by atoms with Crippen LogP contribution >= 0.6 is 12.2 Å². The number of rotatable bonds is 10. The van der Waals surface area contributed by atoms with Crippen LogP contribution in [0.2, 0.25) is 0 Å². The van der Waals surface area contributed by atoms with E-state index >= 15 is 0 Å². The van der Waals surface area contributed by atoms with Gasteiger partial charge in [-0.1, -0.05) is 42.0 Å². The molecule has 0 radical (unpaired) electrons. The second-order valence-electron chi connectivity index (χ2n) is 13.4. The number of hydrogen-bond donors (Lipinski definition) is 7. The molecule has 6 aromatic rings. The Morgan fingerprint density at radius 1 is 0.677 bits per heavy atom. The molecule has 0 aliphatic rings. The van der Waals surface area contributed by atoms with Gasteiger partial charge in [0.25, 0.3) is 5.91 Å². The summed E-state index contributed by atoms with van der Waals surface area (Å²) in [5, 5.41) is 58.5. The number of anilines is 1. The maximum atomic E-state index is 13.0. The summed E-state index contributed by atoms with van der Waals surface area (Å²) in [6, 6.07) is 23.6. The molecule has 1 amide bonds. The van der Waals surface area contributed by atoms with Crippen LogP contribution in [0.5, 0.6) is 11.5 Å². The average molecular weight is 870 g/mol. The van der Waals surface area contributed by atoms with Gasteiger partial charge in [-0.3, -0.25) is 19.6 Å². The molecule has 320 valence electrons. The summed E-state index contributed by atoms with van der Waals surface area (Å²) in [5.74, 6) is -2.99. The molecule has 0 bridgehead atoms. The van der Waals surface area contributed by atoms with Gasteiger partial charge < -0.3 is 25.7 Å². The number of hydrazone groups is 2. The fourth-order valence-corrected chi connectivity index (χ4v) is 5.94. The minimum atomic E-state index is -4.52. The van der Waals surface area contributed by atoms with Gasteiger partial charge in [0, 0.05) is 36.5 Å². The third kappa shape index (κ3) is 10.8. The van der Waals surface area contributed by atoms with E-state index in [0.29, 0.717) is 17.1 Å². The first-order chi connectivity index (χ1) is 29.2. The van der Waals surface area contributed by atoms with Crippen LogP contribution in [-0.4, -0.2) is 74.4 Å². The lowest BCUT2D eigenvalue weighted by molar-refractivity contribution is -0.137. The van der Waals surface area contributed by atoms with Crippen LogP contribution in [0.1, 0.15) is 67.4 Å². The molecule has 2 aromatic heterocycles. The molecule has 0 unspecified atom stereocenters. The van der Waals surface area contributed by atoms with Crippen molar-refractivity contribution in [2.24, 2.45) is 24.3 Å². The number of halogens is 3. The summed E-state index contributed by atoms with van der Waals surface area (Å²) in [6.45, 7) is 5.14.